The van der Waals surface area contributed by atoms with Crippen LogP contribution in [0, 0.1) is 0 Å². The minimum Gasteiger partial charge on any atom is -0.304 e. The van der Waals surface area contributed by atoms with E-state index in [1.807, 2.05) is 12.3 Å². The van der Waals surface area contributed by atoms with Crippen LogP contribution >= 0.6 is 0 Å². The third kappa shape index (κ3) is 3.00. The first-order valence-corrected chi connectivity index (χ1v) is 8.22. The van der Waals surface area contributed by atoms with Crippen molar-refractivity contribution in [2.45, 2.75) is 6.54 Å². The molecule has 0 saturated carbocycles. The molecule has 2 aromatic heterocycles. The maximum Gasteiger partial charge on any atom is 0.144 e. The fraction of sp³-hybridized carbons (Fsp3) is 0.316. The highest BCUT2D eigenvalue weighted by Crippen LogP contribution is 2.19. The molecule has 0 amide bonds. The van der Waals surface area contributed by atoms with Gasteiger partial charge in [-0.2, -0.15) is 0 Å². The number of hydrogen-bond acceptors (Lipinski definition) is 3. The van der Waals surface area contributed by atoms with Crippen LogP contribution in [0.15, 0.2) is 54.9 Å². The van der Waals surface area contributed by atoms with E-state index in [2.05, 4.69) is 69.0 Å². The van der Waals surface area contributed by atoms with Gasteiger partial charge >= 0.3 is 0 Å². The molecule has 118 valence electrons. The number of benzene rings is 1. The van der Waals surface area contributed by atoms with Crippen LogP contribution in [0.5, 0.6) is 0 Å². The van der Waals surface area contributed by atoms with Crippen molar-refractivity contribution >= 4 is 11.0 Å². The first-order valence-electron chi connectivity index (χ1n) is 8.22. The Kier molecular flexibility index (Phi) is 3.85. The van der Waals surface area contributed by atoms with Gasteiger partial charge in [0.05, 0.1) is 0 Å². The van der Waals surface area contributed by atoms with Gasteiger partial charge in [0.25, 0.3) is 0 Å². The molecular weight excluding hydrogens is 284 g/mol. The molecule has 1 fully saturated rings. The van der Waals surface area contributed by atoms with Gasteiger partial charge in [0.1, 0.15) is 5.65 Å². The molecule has 0 aliphatic carbocycles. The van der Waals surface area contributed by atoms with Gasteiger partial charge < -0.3 is 9.47 Å². The fourth-order valence-corrected chi connectivity index (χ4v) is 3.20. The number of pyridine rings is 1. The highest BCUT2D eigenvalue weighted by atomic mass is 15.2. The molecule has 4 nitrogen and oxygen atoms in total. The van der Waals surface area contributed by atoms with Gasteiger partial charge in [-0.3, -0.25) is 4.90 Å². The van der Waals surface area contributed by atoms with Crippen LogP contribution in [0.4, 0.5) is 0 Å². The molecule has 3 heterocycles. The largest absolute Gasteiger partial charge is 0.304 e. The molecule has 0 bridgehead atoms. The Bertz CT molecular complexity index is 782. The van der Waals surface area contributed by atoms with Crippen LogP contribution in [-0.2, 0) is 6.54 Å². The van der Waals surface area contributed by atoms with Gasteiger partial charge in [0.15, 0.2) is 0 Å². The fourth-order valence-electron chi connectivity index (χ4n) is 3.20. The van der Waals surface area contributed by atoms with E-state index in [1.54, 1.807) is 0 Å². The Morgan fingerprint density at radius 2 is 1.74 bits per heavy atom. The van der Waals surface area contributed by atoms with Gasteiger partial charge in [-0.1, -0.05) is 12.1 Å². The Hall–Kier alpha value is -2.17. The van der Waals surface area contributed by atoms with Crippen molar-refractivity contribution in [3.63, 3.8) is 0 Å². The number of nitrogens with zero attached hydrogens (tertiary/aromatic N) is 4. The van der Waals surface area contributed by atoms with Crippen molar-refractivity contribution in [3.05, 3.63) is 60.4 Å². The number of fused-ring (bicyclic) bond motifs is 1. The summed E-state index contributed by atoms with van der Waals surface area (Å²) in [5.74, 6) is 0. The van der Waals surface area contributed by atoms with E-state index in [1.165, 1.54) is 29.7 Å². The molecule has 1 aromatic carbocycles. The van der Waals surface area contributed by atoms with E-state index in [-0.39, 0.29) is 0 Å². The predicted molar refractivity (Wildman–Crippen MR) is 93.8 cm³/mol. The first kappa shape index (κ1) is 14.4. The smallest absolute Gasteiger partial charge is 0.144 e. The Morgan fingerprint density at radius 1 is 0.957 bits per heavy atom. The Balaban J connectivity index is 1.52. The lowest BCUT2D eigenvalue weighted by molar-refractivity contribution is 0.148. The molecule has 3 aromatic rings. The molecule has 4 heteroatoms. The van der Waals surface area contributed by atoms with E-state index in [0.717, 1.165) is 25.3 Å². The second-order valence-corrected chi connectivity index (χ2v) is 6.35. The Labute approximate surface area is 137 Å². The van der Waals surface area contributed by atoms with Crippen molar-refractivity contribution in [1.82, 2.24) is 19.4 Å². The molecule has 1 saturated heterocycles. The van der Waals surface area contributed by atoms with Crippen molar-refractivity contribution in [1.29, 1.82) is 0 Å². The molecule has 0 spiro atoms. The summed E-state index contributed by atoms with van der Waals surface area (Å²) in [6.45, 7) is 5.69. The number of aromatic nitrogens is 2. The minimum atomic E-state index is 1.01. The maximum absolute atomic E-state index is 4.49. The van der Waals surface area contributed by atoms with Gasteiger partial charge in [-0.05, 0) is 42.9 Å². The highest BCUT2D eigenvalue weighted by Gasteiger charge is 2.13. The SMILES string of the molecule is CN1CCN(Cc2ccc(-n3ccc4cccnc43)cc2)CC1. The summed E-state index contributed by atoms with van der Waals surface area (Å²) in [4.78, 5) is 9.41. The average molecular weight is 306 g/mol. The monoisotopic (exact) mass is 306 g/mol. The molecule has 4 rings (SSSR count). The van der Waals surface area contributed by atoms with Gasteiger partial charge in [-0.25, -0.2) is 4.98 Å². The molecule has 23 heavy (non-hydrogen) atoms. The van der Waals surface area contributed by atoms with Gasteiger partial charge in [0, 0.05) is 56.2 Å². The summed E-state index contributed by atoms with van der Waals surface area (Å²) in [6, 6.07) is 15.1. The number of piperazine rings is 1. The summed E-state index contributed by atoms with van der Waals surface area (Å²) in [5, 5.41) is 1.18. The van der Waals surface area contributed by atoms with Crippen molar-refractivity contribution in [2.75, 3.05) is 33.2 Å². The molecule has 1 aliphatic heterocycles. The molecule has 1 aliphatic rings. The highest BCUT2D eigenvalue weighted by molar-refractivity contribution is 5.77. The van der Waals surface area contributed by atoms with Gasteiger partial charge in [-0.15, -0.1) is 0 Å². The average Bonchev–Trinajstić information content (AvgIpc) is 3.02. The van der Waals surface area contributed by atoms with E-state index in [9.17, 15) is 0 Å². The van der Waals surface area contributed by atoms with Crippen molar-refractivity contribution in [3.8, 4) is 5.69 Å². The van der Waals surface area contributed by atoms with E-state index < -0.39 is 0 Å². The normalized spacial score (nSPS) is 16.9. The standard InChI is InChI=1S/C19H22N4/c1-21-11-13-22(14-12-21)15-16-4-6-18(7-5-16)23-10-8-17-3-2-9-20-19(17)23/h2-10H,11-15H2,1H3. The molecule has 0 radical (unpaired) electrons. The number of rotatable bonds is 3. The minimum absolute atomic E-state index is 1.01. The maximum atomic E-state index is 4.49. The molecule has 0 N–H and O–H groups in total. The van der Waals surface area contributed by atoms with Crippen molar-refractivity contribution < 1.29 is 0 Å². The zero-order valence-electron chi connectivity index (χ0n) is 13.5. The summed E-state index contributed by atoms with van der Waals surface area (Å²) in [6.07, 6.45) is 3.94. The quantitative estimate of drug-likeness (QED) is 0.744. The first-order chi connectivity index (χ1) is 11.3. The summed E-state index contributed by atoms with van der Waals surface area (Å²) in [5.41, 5.74) is 3.56. The Morgan fingerprint density at radius 3 is 2.52 bits per heavy atom. The predicted octanol–water partition coefficient (Wildman–Crippen LogP) is 2.77. The number of likely N-dealkylation sites (N-methyl/N-ethyl adjacent to an activating group) is 1. The van der Waals surface area contributed by atoms with Crippen LogP contribution in [0.25, 0.3) is 16.7 Å². The van der Waals surface area contributed by atoms with E-state index in [4.69, 9.17) is 0 Å². The third-order valence-electron chi connectivity index (χ3n) is 4.66. The number of hydrogen-bond donors (Lipinski definition) is 0. The second kappa shape index (κ2) is 6.14. The van der Waals surface area contributed by atoms with Crippen LogP contribution in [0.1, 0.15) is 5.56 Å². The zero-order valence-corrected chi connectivity index (χ0v) is 13.5. The second-order valence-electron chi connectivity index (χ2n) is 6.35. The van der Waals surface area contributed by atoms with Crippen molar-refractivity contribution in [2.24, 2.45) is 0 Å². The lowest BCUT2D eigenvalue weighted by atomic mass is 10.2. The van der Waals surface area contributed by atoms with E-state index in [0.29, 0.717) is 0 Å². The molecular formula is C19H22N4. The van der Waals surface area contributed by atoms with Gasteiger partial charge in [0.2, 0.25) is 0 Å². The van der Waals surface area contributed by atoms with E-state index >= 15 is 0 Å². The summed E-state index contributed by atoms with van der Waals surface area (Å²) >= 11 is 0. The molecule has 0 unspecified atom stereocenters. The zero-order chi connectivity index (χ0) is 15.6. The van der Waals surface area contributed by atoms with Crippen LogP contribution in [-0.4, -0.2) is 52.6 Å². The van der Waals surface area contributed by atoms with Crippen LogP contribution in [0.3, 0.4) is 0 Å². The summed E-state index contributed by atoms with van der Waals surface area (Å²) in [7, 11) is 2.20. The van der Waals surface area contributed by atoms with Crippen LogP contribution < -0.4 is 0 Å². The lowest BCUT2D eigenvalue weighted by Crippen LogP contribution is -2.43. The lowest BCUT2D eigenvalue weighted by Gasteiger charge is -2.32. The van der Waals surface area contributed by atoms with Crippen LogP contribution in [0.2, 0.25) is 0 Å². The topological polar surface area (TPSA) is 24.3 Å². The summed E-state index contributed by atoms with van der Waals surface area (Å²) < 4.78 is 2.15. The third-order valence-corrected chi connectivity index (χ3v) is 4.66. The molecule has 0 atom stereocenters.